The predicted molar refractivity (Wildman–Crippen MR) is 63.6 cm³/mol. The third-order valence-electron chi connectivity index (χ3n) is 3.41. The first-order valence-electron chi connectivity index (χ1n) is 5.35. The van der Waals surface area contributed by atoms with E-state index in [0.717, 1.165) is 11.6 Å². The molecule has 0 aromatic heterocycles. The first-order valence-corrected chi connectivity index (χ1v) is 5.35. The molecule has 0 aromatic carbocycles. The zero-order valence-electron chi connectivity index (χ0n) is 9.96. The summed E-state index contributed by atoms with van der Waals surface area (Å²) < 4.78 is 0. The molecule has 0 amide bonds. The van der Waals surface area contributed by atoms with Crippen molar-refractivity contribution in [1.29, 1.82) is 0 Å². The molecule has 0 radical (unpaired) electrons. The molecule has 2 atom stereocenters. The van der Waals surface area contributed by atoms with E-state index < -0.39 is 0 Å². The first kappa shape index (κ1) is 11.2. The van der Waals surface area contributed by atoms with Crippen LogP contribution in [0.25, 0.3) is 0 Å². The molecule has 0 aromatic rings. The minimum Gasteiger partial charge on any atom is -0.262 e. The van der Waals surface area contributed by atoms with Gasteiger partial charge in [-0.3, -0.25) is 4.99 Å². The fourth-order valence-corrected chi connectivity index (χ4v) is 1.83. The van der Waals surface area contributed by atoms with E-state index in [0.29, 0.717) is 5.41 Å². The zero-order valence-corrected chi connectivity index (χ0v) is 9.96. The molecule has 2 unspecified atom stereocenters. The van der Waals surface area contributed by atoms with E-state index in [9.17, 15) is 0 Å². The topological polar surface area (TPSA) is 12.4 Å². The van der Waals surface area contributed by atoms with Gasteiger partial charge in [0, 0.05) is 11.9 Å². The van der Waals surface area contributed by atoms with E-state index >= 15 is 0 Å². The van der Waals surface area contributed by atoms with Gasteiger partial charge in [-0.05, 0) is 44.6 Å². The van der Waals surface area contributed by atoms with E-state index in [1.54, 1.807) is 0 Å². The van der Waals surface area contributed by atoms with Gasteiger partial charge in [-0.2, -0.15) is 0 Å². The summed E-state index contributed by atoms with van der Waals surface area (Å²) in [5, 5.41) is 0. The van der Waals surface area contributed by atoms with E-state index in [4.69, 9.17) is 0 Å². The normalized spacial score (nSPS) is 33.9. The Labute approximate surface area is 87.6 Å². The van der Waals surface area contributed by atoms with Crippen LogP contribution in [0.15, 0.2) is 28.9 Å². The number of nitrogens with zero attached hydrogens (tertiary/aromatic N) is 1. The molecule has 0 bridgehead atoms. The predicted octanol–water partition coefficient (Wildman–Crippen LogP) is 3.97. The van der Waals surface area contributed by atoms with Crippen molar-refractivity contribution < 1.29 is 0 Å². The second-order valence-electron chi connectivity index (χ2n) is 4.60. The van der Waals surface area contributed by atoms with Crippen molar-refractivity contribution in [2.75, 3.05) is 0 Å². The molecule has 78 valence electrons. The Balaban J connectivity index is 2.69. The van der Waals surface area contributed by atoms with E-state index in [2.05, 4.69) is 38.8 Å². The van der Waals surface area contributed by atoms with Gasteiger partial charge in [0.15, 0.2) is 0 Å². The van der Waals surface area contributed by atoms with Crippen LogP contribution in [0.1, 0.15) is 41.0 Å². The van der Waals surface area contributed by atoms with Crippen molar-refractivity contribution in [3.05, 3.63) is 23.9 Å². The smallest absolute Gasteiger partial charge is 0.0372 e. The van der Waals surface area contributed by atoms with Crippen LogP contribution in [-0.2, 0) is 0 Å². The average Bonchev–Trinajstić information content (AvgIpc) is 2.73. The second-order valence-corrected chi connectivity index (χ2v) is 4.60. The van der Waals surface area contributed by atoms with Crippen LogP contribution in [0.2, 0.25) is 0 Å². The molecule has 0 N–H and O–H groups in total. The highest BCUT2D eigenvalue weighted by Gasteiger charge is 2.47. The number of hydrogen-bond acceptors (Lipinski definition) is 1. The highest BCUT2D eigenvalue weighted by molar-refractivity contribution is 5.94. The number of aliphatic imine (C=N–C) groups is 1. The minimum absolute atomic E-state index is 0.451. The quantitative estimate of drug-likeness (QED) is 0.598. The van der Waals surface area contributed by atoms with Crippen LogP contribution in [0.5, 0.6) is 0 Å². The molecule has 1 saturated carbocycles. The standard InChI is InChI=1S/C13H21N/c1-6-7-14-12(4)8-10(2)13(5)9-11(13)3/h6-8,11H,9H2,1-5H3/b7-6-,10-8-,14-12-. The van der Waals surface area contributed by atoms with Gasteiger partial charge in [0.1, 0.15) is 0 Å². The number of hydrogen-bond donors (Lipinski definition) is 0. The molecule has 1 rings (SSSR count). The van der Waals surface area contributed by atoms with Gasteiger partial charge in [-0.1, -0.05) is 25.5 Å². The van der Waals surface area contributed by atoms with Gasteiger partial charge < -0.3 is 0 Å². The molecule has 0 saturated heterocycles. The maximum absolute atomic E-state index is 4.31. The summed E-state index contributed by atoms with van der Waals surface area (Å²) in [6.45, 7) is 10.9. The van der Waals surface area contributed by atoms with Crippen molar-refractivity contribution in [1.82, 2.24) is 0 Å². The van der Waals surface area contributed by atoms with Gasteiger partial charge in [0.25, 0.3) is 0 Å². The molecule has 0 spiro atoms. The van der Waals surface area contributed by atoms with Crippen LogP contribution in [0.3, 0.4) is 0 Å². The Morgan fingerprint density at radius 3 is 2.43 bits per heavy atom. The van der Waals surface area contributed by atoms with Crippen molar-refractivity contribution in [3.8, 4) is 0 Å². The fraction of sp³-hybridized carbons (Fsp3) is 0.615. The summed E-state index contributed by atoms with van der Waals surface area (Å²) in [5.41, 5.74) is 3.02. The van der Waals surface area contributed by atoms with E-state index in [1.807, 2.05) is 19.2 Å². The lowest BCUT2D eigenvalue weighted by Gasteiger charge is -2.10. The van der Waals surface area contributed by atoms with Crippen LogP contribution in [-0.4, -0.2) is 5.71 Å². The zero-order chi connectivity index (χ0) is 10.8. The molecule has 1 aliphatic rings. The van der Waals surface area contributed by atoms with Crippen molar-refractivity contribution in [3.63, 3.8) is 0 Å². The van der Waals surface area contributed by atoms with Crippen LogP contribution in [0, 0.1) is 11.3 Å². The monoisotopic (exact) mass is 191 g/mol. The van der Waals surface area contributed by atoms with Gasteiger partial charge in [0.2, 0.25) is 0 Å². The molecular weight excluding hydrogens is 170 g/mol. The maximum Gasteiger partial charge on any atom is 0.0372 e. The van der Waals surface area contributed by atoms with Gasteiger partial charge in [0.05, 0.1) is 0 Å². The number of allylic oxidation sites excluding steroid dienone is 3. The molecule has 0 aliphatic heterocycles. The Morgan fingerprint density at radius 1 is 1.43 bits per heavy atom. The van der Waals surface area contributed by atoms with Gasteiger partial charge >= 0.3 is 0 Å². The molecule has 1 nitrogen and oxygen atoms in total. The van der Waals surface area contributed by atoms with Crippen molar-refractivity contribution >= 4 is 5.71 Å². The largest absolute Gasteiger partial charge is 0.262 e. The summed E-state index contributed by atoms with van der Waals surface area (Å²) in [5.74, 6) is 0.841. The highest BCUT2D eigenvalue weighted by Crippen LogP contribution is 2.56. The van der Waals surface area contributed by atoms with Gasteiger partial charge in [-0.25, -0.2) is 0 Å². The summed E-state index contributed by atoms with van der Waals surface area (Å²) in [7, 11) is 0. The Hall–Kier alpha value is -0.850. The number of rotatable bonds is 3. The average molecular weight is 191 g/mol. The molecule has 1 heteroatoms. The summed E-state index contributed by atoms with van der Waals surface area (Å²) in [6.07, 6.45) is 7.33. The van der Waals surface area contributed by atoms with Crippen LogP contribution < -0.4 is 0 Å². The van der Waals surface area contributed by atoms with Crippen LogP contribution >= 0.6 is 0 Å². The molecule has 0 heterocycles. The summed E-state index contributed by atoms with van der Waals surface area (Å²) >= 11 is 0. The molecule has 1 fully saturated rings. The third kappa shape index (κ3) is 2.34. The highest BCUT2D eigenvalue weighted by atomic mass is 14.7. The fourth-order valence-electron chi connectivity index (χ4n) is 1.83. The lowest BCUT2D eigenvalue weighted by atomic mass is 9.96. The molecule has 1 aliphatic carbocycles. The van der Waals surface area contributed by atoms with Gasteiger partial charge in [-0.15, -0.1) is 0 Å². The lowest BCUT2D eigenvalue weighted by Crippen LogP contribution is -2.00. The van der Waals surface area contributed by atoms with Crippen molar-refractivity contribution in [2.24, 2.45) is 16.3 Å². The molecule has 14 heavy (non-hydrogen) atoms. The lowest BCUT2D eigenvalue weighted by molar-refractivity contribution is 0.620. The summed E-state index contributed by atoms with van der Waals surface area (Å²) in [6, 6.07) is 0. The Kier molecular flexibility index (Phi) is 3.30. The summed E-state index contributed by atoms with van der Waals surface area (Å²) in [4.78, 5) is 4.31. The van der Waals surface area contributed by atoms with Crippen LogP contribution in [0.4, 0.5) is 0 Å². The SMILES string of the molecule is C\C=C/N=C(C)\C=C(\C)C1(C)CC1C. The van der Waals surface area contributed by atoms with E-state index in [-0.39, 0.29) is 0 Å². The molecular formula is C13H21N. The Bertz CT molecular complexity index is 296. The first-order chi connectivity index (χ1) is 6.50. The third-order valence-corrected chi connectivity index (χ3v) is 3.41. The Morgan fingerprint density at radius 2 is 2.00 bits per heavy atom. The van der Waals surface area contributed by atoms with Crippen molar-refractivity contribution in [2.45, 2.75) is 41.0 Å². The maximum atomic E-state index is 4.31. The van der Waals surface area contributed by atoms with E-state index in [1.165, 1.54) is 12.0 Å². The second kappa shape index (κ2) is 4.12. The minimum atomic E-state index is 0.451.